The number of carboxylic acids is 1. The number of aromatic carboxylic acids is 1. The van der Waals surface area contributed by atoms with Crippen molar-refractivity contribution in [1.29, 1.82) is 0 Å². The lowest BCUT2D eigenvalue weighted by Crippen LogP contribution is -2.32. The molecule has 0 fully saturated rings. The van der Waals surface area contributed by atoms with E-state index in [1.54, 1.807) is 39.0 Å². The zero-order chi connectivity index (χ0) is 16.8. The minimum atomic E-state index is -1.06. The first kappa shape index (κ1) is 17.7. The van der Waals surface area contributed by atoms with Gasteiger partial charge in [-0.15, -0.1) is 0 Å². The van der Waals surface area contributed by atoms with E-state index < -0.39 is 17.7 Å². The normalized spacial score (nSPS) is 11.5. The minimum Gasteiger partial charge on any atom is -0.476 e. The predicted octanol–water partition coefficient (Wildman–Crippen LogP) is 3.02. The quantitative estimate of drug-likeness (QED) is 0.816. The van der Waals surface area contributed by atoms with Crippen LogP contribution in [0.3, 0.4) is 0 Å². The maximum atomic E-state index is 11.4. The van der Waals surface area contributed by atoms with Gasteiger partial charge in [-0.1, -0.05) is 12.2 Å². The molecular weight excluding hydrogens is 284 g/mol. The van der Waals surface area contributed by atoms with E-state index in [4.69, 9.17) is 9.84 Å². The van der Waals surface area contributed by atoms with Gasteiger partial charge in [0.05, 0.1) is 0 Å². The molecule has 1 aromatic rings. The number of rotatable bonds is 5. The Bertz CT molecular complexity index is 574. The predicted molar refractivity (Wildman–Crippen MR) is 83.8 cm³/mol. The van der Waals surface area contributed by atoms with Gasteiger partial charge < -0.3 is 15.2 Å². The fraction of sp³-hybridized carbons (Fsp3) is 0.438. The van der Waals surface area contributed by atoms with Crippen LogP contribution in [0.4, 0.5) is 4.79 Å². The molecule has 1 aromatic heterocycles. The lowest BCUT2D eigenvalue weighted by Gasteiger charge is -2.19. The molecule has 0 aliphatic rings. The zero-order valence-electron chi connectivity index (χ0n) is 13.3. The number of nitrogens with zero attached hydrogens (tertiary/aromatic N) is 1. The topological polar surface area (TPSA) is 88.5 Å². The van der Waals surface area contributed by atoms with Crippen LogP contribution >= 0.6 is 0 Å². The molecule has 0 atom stereocenters. The summed E-state index contributed by atoms with van der Waals surface area (Å²) in [6.45, 7) is 7.65. The molecule has 0 spiro atoms. The average Bonchev–Trinajstić information content (AvgIpc) is 2.35. The number of carboxylic acid groups (broad SMARTS) is 1. The first-order valence-corrected chi connectivity index (χ1v) is 7.02. The Kier molecular flexibility index (Phi) is 6.10. The fourth-order valence-corrected chi connectivity index (χ4v) is 1.68. The lowest BCUT2D eigenvalue weighted by atomic mass is 10.1. The van der Waals surface area contributed by atoms with Crippen molar-refractivity contribution >= 4 is 18.1 Å². The molecule has 0 saturated carbocycles. The summed E-state index contributed by atoms with van der Waals surface area (Å²) in [4.78, 5) is 26.4. The Balaban J connectivity index is 2.52. The molecule has 2 N–H and O–H groups in total. The fourth-order valence-electron chi connectivity index (χ4n) is 1.68. The summed E-state index contributed by atoms with van der Waals surface area (Å²) in [6.07, 6.45) is 5.10. The number of hydrogen-bond donors (Lipinski definition) is 2. The zero-order valence-corrected chi connectivity index (χ0v) is 13.3. The molecule has 1 amide bonds. The standard InChI is InChI=1S/C16H22N2O4/c1-11-9-12(13(14(19)20)18-10-11)7-5-6-8-17-15(21)22-16(2,3)4/h5,7,9-10H,6,8H2,1-4H3,(H,17,21)(H,19,20). The van der Waals surface area contributed by atoms with E-state index in [9.17, 15) is 9.59 Å². The van der Waals surface area contributed by atoms with Crippen molar-refractivity contribution < 1.29 is 19.4 Å². The number of amides is 1. The molecule has 1 heterocycles. The average molecular weight is 306 g/mol. The molecule has 0 aliphatic carbocycles. The maximum Gasteiger partial charge on any atom is 0.407 e. The van der Waals surface area contributed by atoms with Gasteiger partial charge in [0.15, 0.2) is 5.69 Å². The van der Waals surface area contributed by atoms with E-state index in [2.05, 4.69) is 10.3 Å². The molecule has 0 unspecified atom stereocenters. The largest absolute Gasteiger partial charge is 0.476 e. The smallest absolute Gasteiger partial charge is 0.407 e. The summed E-state index contributed by atoms with van der Waals surface area (Å²) in [5.74, 6) is -1.06. The highest BCUT2D eigenvalue weighted by molar-refractivity contribution is 5.89. The molecule has 6 heteroatoms. The highest BCUT2D eigenvalue weighted by Crippen LogP contribution is 2.11. The third kappa shape index (κ3) is 6.39. The summed E-state index contributed by atoms with van der Waals surface area (Å²) >= 11 is 0. The van der Waals surface area contributed by atoms with E-state index in [1.807, 2.05) is 6.92 Å². The number of alkyl carbamates (subject to hydrolysis) is 1. The summed E-state index contributed by atoms with van der Waals surface area (Å²) in [5, 5.41) is 11.7. The van der Waals surface area contributed by atoms with Crippen LogP contribution in [0, 0.1) is 6.92 Å². The SMILES string of the molecule is Cc1cnc(C(=O)O)c(C=CCCNC(=O)OC(C)(C)C)c1. The molecule has 0 aliphatic heterocycles. The van der Waals surface area contributed by atoms with Gasteiger partial charge in [0.1, 0.15) is 5.60 Å². The van der Waals surface area contributed by atoms with E-state index in [1.165, 1.54) is 6.20 Å². The molecule has 1 rings (SSSR count). The van der Waals surface area contributed by atoms with E-state index in [0.717, 1.165) is 5.56 Å². The number of pyridine rings is 1. The Morgan fingerprint density at radius 3 is 2.68 bits per heavy atom. The van der Waals surface area contributed by atoms with E-state index in [-0.39, 0.29) is 5.69 Å². The highest BCUT2D eigenvalue weighted by Gasteiger charge is 2.15. The summed E-state index contributed by atoms with van der Waals surface area (Å²) in [5.41, 5.74) is 0.923. The van der Waals surface area contributed by atoms with E-state index in [0.29, 0.717) is 18.5 Å². The van der Waals surface area contributed by atoms with Crippen LogP contribution in [0.2, 0.25) is 0 Å². The third-order valence-corrected chi connectivity index (χ3v) is 2.53. The molecular formula is C16H22N2O4. The van der Waals surface area contributed by atoms with Gasteiger partial charge in [-0.2, -0.15) is 0 Å². The van der Waals surface area contributed by atoms with Crippen molar-refractivity contribution in [2.24, 2.45) is 0 Å². The Morgan fingerprint density at radius 2 is 2.09 bits per heavy atom. The molecule has 22 heavy (non-hydrogen) atoms. The Hall–Kier alpha value is -2.37. The van der Waals surface area contributed by atoms with Gasteiger partial charge in [-0.25, -0.2) is 14.6 Å². The van der Waals surface area contributed by atoms with Crippen molar-refractivity contribution in [2.45, 2.75) is 39.7 Å². The molecule has 120 valence electrons. The highest BCUT2D eigenvalue weighted by atomic mass is 16.6. The van der Waals surface area contributed by atoms with Crippen molar-refractivity contribution in [1.82, 2.24) is 10.3 Å². The van der Waals surface area contributed by atoms with Gasteiger partial charge in [-0.05, 0) is 45.7 Å². The van der Waals surface area contributed by atoms with Crippen molar-refractivity contribution in [2.75, 3.05) is 6.54 Å². The van der Waals surface area contributed by atoms with Gasteiger partial charge in [0.25, 0.3) is 0 Å². The van der Waals surface area contributed by atoms with Crippen LogP contribution in [0.25, 0.3) is 6.08 Å². The number of carbonyl (C=O) groups is 2. The summed E-state index contributed by atoms with van der Waals surface area (Å²) in [7, 11) is 0. The minimum absolute atomic E-state index is 0.0157. The van der Waals surface area contributed by atoms with Gasteiger partial charge in [0, 0.05) is 18.3 Å². The third-order valence-electron chi connectivity index (χ3n) is 2.53. The molecule has 0 aromatic carbocycles. The monoisotopic (exact) mass is 306 g/mol. The van der Waals surface area contributed by atoms with Crippen molar-refractivity contribution in [3.63, 3.8) is 0 Å². The molecule has 6 nitrogen and oxygen atoms in total. The van der Waals surface area contributed by atoms with Gasteiger partial charge in [0.2, 0.25) is 0 Å². The van der Waals surface area contributed by atoms with Gasteiger partial charge in [-0.3, -0.25) is 0 Å². The van der Waals surface area contributed by atoms with E-state index >= 15 is 0 Å². The van der Waals surface area contributed by atoms with Crippen LogP contribution < -0.4 is 5.32 Å². The number of ether oxygens (including phenoxy) is 1. The van der Waals surface area contributed by atoms with Crippen molar-refractivity contribution in [3.8, 4) is 0 Å². The number of carbonyl (C=O) groups excluding carboxylic acids is 1. The number of aryl methyl sites for hydroxylation is 1. The second kappa shape index (κ2) is 7.59. The first-order valence-electron chi connectivity index (χ1n) is 7.02. The van der Waals surface area contributed by atoms with Crippen molar-refractivity contribution in [3.05, 3.63) is 35.2 Å². The van der Waals surface area contributed by atoms with Crippen LogP contribution in [-0.4, -0.2) is 34.3 Å². The molecule has 0 radical (unpaired) electrons. The molecule has 0 bridgehead atoms. The first-order chi connectivity index (χ1) is 10.2. The summed E-state index contributed by atoms with van der Waals surface area (Å²) in [6, 6.07) is 1.76. The Morgan fingerprint density at radius 1 is 1.41 bits per heavy atom. The van der Waals surface area contributed by atoms with Gasteiger partial charge >= 0.3 is 12.1 Å². The second-order valence-corrected chi connectivity index (χ2v) is 5.88. The van der Waals surface area contributed by atoms with Crippen LogP contribution in [0.15, 0.2) is 18.3 Å². The number of hydrogen-bond acceptors (Lipinski definition) is 4. The maximum absolute atomic E-state index is 11.4. The lowest BCUT2D eigenvalue weighted by molar-refractivity contribution is 0.0528. The number of aromatic nitrogens is 1. The number of nitrogens with one attached hydrogen (secondary N) is 1. The van der Waals surface area contributed by atoms with Crippen LogP contribution in [0.1, 0.15) is 48.8 Å². The van der Waals surface area contributed by atoms with Crippen LogP contribution in [-0.2, 0) is 4.74 Å². The van der Waals surface area contributed by atoms with Crippen LogP contribution in [0.5, 0.6) is 0 Å². The summed E-state index contributed by atoms with van der Waals surface area (Å²) < 4.78 is 5.11. The Labute approximate surface area is 130 Å². The molecule has 0 saturated heterocycles. The second-order valence-electron chi connectivity index (χ2n) is 5.88.